The van der Waals surface area contributed by atoms with Crippen molar-refractivity contribution in [3.63, 3.8) is 0 Å². The molecule has 2 heterocycles. The SMILES string of the molecule is COc1ccc(C)c(C(=O)C2CC3COCC(C2)N3C(=O)OC(C)(C)C)c1. The lowest BCUT2D eigenvalue weighted by molar-refractivity contribution is -0.0861. The van der Waals surface area contributed by atoms with Crippen LogP contribution < -0.4 is 4.74 Å². The molecule has 2 fully saturated rings. The summed E-state index contributed by atoms with van der Waals surface area (Å²) in [5.74, 6) is 0.666. The van der Waals surface area contributed by atoms with Gasteiger partial charge in [0, 0.05) is 11.5 Å². The lowest BCUT2D eigenvalue weighted by Crippen LogP contribution is -2.60. The number of carbonyl (C=O) groups is 2. The molecule has 6 heteroatoms. The number of ether oxygens (including phenoxy) is 3. The van der Waals surface area contributed by atoms with E-state index in [0.29, 0.717) is 37.4 Å². The normalized spacial score (nSPS) is 25.1. The summed E-state index contributed by atoms with van der Waals surface area (Å²) >= 11 is 0. The molecule has 148 valence electrons. The number of ketones is 1. The Labute approximate surface area is 160 Å². The van der Waals surface area contributed by atoms with Crippen molar-refractivity contribution < 1.29 is 23.8 Å². The highest BCUT2D eigenvalue weighted by molar-refractivity contribution is 5.99. The van der Waals surface area contributed by atoms with E-state index in [-0.39, 0.29) is 29.9 Å². The van der Waals surface area contributed by atoms with Gasteiger partial charge in [0.25, 0.3) is 0 Å². The summed E-state index contributed by atoms with van der Waals surface area (Å²) in [6, 6.07) is 5.31. The highest BCUT2D eigenvalue weighted by atomic mass is 16.6. The Balaban J connectivity index is 1.78. The van der Waals surface area contributed by atoms with Gasteiger partial charge in [0.2, 0.25) is 0 Å². The van der Waals surface area contributed by atoms with E-state index in [2.05, 4.69) is 0 Å². The number of amides is 1. The molecule has 0 spiro atoms. The van der Waals surface area contributed by atoms with Crippen LogP contribution in [-0.2, 0) is 9.47 Å². The van der Waals surface area contributed by atoms with Crippen molar-refractivity contribution in [3.8, 4) is 5.75 Å². The molecule has 2 unspecified atom stereocenters. The first kappa shape index (κ1) is 19.7. The van der Waals surface area contributed by atoms with Gasteiger partial charge in [-0.25, -0.2) is 4.79 Å². The van der Waals surface area contributed by atoms with Crippen molar-refractivity contribution in [3.05, 3.63) is 29.3 Å². The first-order valence-corrected chi connectivity index (χ1v) is 9.47. The number of hydrogen-bond acceptors (Lipinski definition) is 5. The number of benzene rings is 1. The van der Waals surface area contributed by atoms with Gasteiger partial charge in [-0.15, -0.1) is 0 Å². The molecule has 6 nitrogen and oxygen atoms in total. The fourth-order valence-corrected chi connectivity index (χ4v) is 3.96. The molecule has 27 heavy (non-hydrogen) atoms. The quantitative estimate of drug-likeness (QED) is 0.755. The minimum atomic E-state index is -0.545. The minimum Gasteiger partial charge on any atom is -0.497 e. The van der Waals surface area contributed by atoms with Gasteiger partial charge >= 0.3 is 6.09 Å². The van der Waals surface area contributed by atoms with Crippen molar-refractivity contribution in [2.75, 3.05) is 20.3 Å². The summed E-state index contributed by atoms with van der Waals surface area (Å²) in [6.07, 6.45) is 0.862. The van der Waals surface area contributed by atoms with E-state index >= 15 is 0 Å². The molecule has 0 saturated carbocycles. The molecule has 3 rings (SSSR count). The third-order valence-corrected chi connectivity index (χ3v) is 5.21. The second-order valence-electron chi connectivity index (χ2n) is 8.45. The smallest absolute Gasteiger partial charge is 0.410 e. The van der Waals surface area contributed by atoms with E-state index in [0.717, 1.165) is 5.56 Å². The molecule has 0 aliphatic carbocycles. The third kappa shape index (κ3) is 4.26. The zero-order valence-electron chi connectivity index (χ0n) is 16.8. The van der Waals surface area contributed by atoms with Crippen LogP contribution in [0.5, 0.6) is 5.75 Å². The van der Waals surface area contributed by atoms with Crippen molar-refractivity contribution in [1.29, 1.82) is 0 Å². The number of aryl methyl sites for hydroxylation is 1. The van der Waals surface area contributed by atoms with Crippen LogP contribution in [0.3, 0.4) is 0 Å². The average Bonchev–Trinajstić information content (AvgIpc) is 2.59. The fraction of sp³-hybridized carbons (Fsp3) is 0.619. The van der Waals surface area contributed by atoms with E-state index in [1.54, 1.807) is 12.0 Å². The first-order chi connectivity index (χ1) is 12.7. The second kappa shape index (κ2) is 7.50. The van der Waals surface area contributed by atoms with Gasteiger partial charge in [-0.1, -0.05) is 6.07 Å². The van der Waals surface area contributed by atoms with Gasteiger partial charge < -0.3 is 14.2 Å². The van der Waals surface area contributed by atoms with Crippen LogP contribution in [0.4, 0.5) is 4.79 Å². The van der Waals surface area contributed by atoms with Crippen molar-refractivity contribution in [2.24, 2.45) is 5.92 Å². The standard InChI is InChI=1S/C21H29NO5/c1-13-6-7-17(25-5)10-18(13)19(23)14-8-15-11-26-12-16(9-14)22(15)20(24)27-21(2,3)4/h6-7,10,14-16H,8-9,11-12H2,1-5H3. The average molecular weight is 375 g/mol. The van der Waals surface area contributed by atoms with Crippen LogP contribution >= 0.6 is 0 Å². The number of piperidine rings is 1. The van der Waals surface area contributed by atoms with Crippen molar-refractivity contribution in [1.82, 2.24) is 4.90 Å². The summed E-state index contributed by atoms with van der Waals surface area (Å²) in [4.78, 5) is 27.6. The number of methoxy groups -OCH3 is 1. The largest absolute Gasteiger partial charge is 0.497 e. The van der Waals surface area contributed by atoms with E-state index in [1.165, 1.54) is 0 Å². The minimum absolute atomic E-state index is 0.118. The fourth-order valence-electron chi connectivity index (χ4n) is 3.96. The summed E-state index contributed by atoms with van der Waals surface area (Å²) in [6.45, 7) is 8.40. The molecule has 1 amide bonds. The van der Waals surface area contributed by atoms with E-state index < -0.39 is 5.60 Å². The lowest BCUT2D eigenvalue weighted by atomic mass is 9.80. The maximum Gasteiger partial charge on any atom is 0.410 e. The molecular weight excluding hydrogens is 346 g/mol. The summed E-state index contributed by atoms with van der Waals surface area (Å²) < 4.78 is 16.5. The van der Waals surface area contributed by atoms with E-state index in [9.17, 15) is 9.59 Å². The second-order valence-corrected chi connectivity index (χ2v) is 8.45. The Bertz CT molecular complexity index is 710. The number of hydrogen-bond donors (Lipinski definition) is 0. The number of rotatable bonds is 3. The topological polar surface area (TPSA) is 65.1 Å². The Morgan fingerprint density at radius 3 is 2.33 bits per heavy atom. The highest BCUT2D eigenvalue weighted by Crippen LogP contribution is 2.35. The van der Waals surface area contributed by atoms with Gasteiger partial charge in [-0.05, 0) is 58.2 Å². The summed E-state index contributed by atoms with van der Waals surface area (Å²) in [5, 5.41) is 0. The Morgan fingerprint density at radius 1 is 1.15 bits per heavy atom. The van der Waals surface area contributed by atoms with Crippen LogP contribution in [-0.4, -0.2) is 54.8 Å². The maximum atomic E-state index is 13.2. The van der Waals surface area contributed by atoms with Gasteiger partial charge in [0.1, 0.15) is 11.4 Å². The summed E-state index contributed by atoms with van der Waals surface area (Å²) in [5.41, 5.74) is 1.09. The van der Waals surface area contributed by atoms with Crippen LogP contribution in [0.1, 0.15) is 49.5 Å². The van der Waals surface area contributed by atoms with Crippen molar-refractivity contribution in [2.45, 2.75) is 58.2 Å². The van der Waals surface area contributed by atoms with Crippen LogP contribution in [0.2, 0.25) is 0 Å². The summed E-state index contributed by atoms with van der Waals surface area (Å²) in [7, 11) is 1.60. The number of fused-ring (bicyclic) bond motifs is 2. The van der Waals surface area contributed by atoms with E-state index in [1.807, 2.05) is 45.9 Å². The number of morpholine rings is 1. The molecule has 0 aromatic heterocycles. The molecule has 1 aromatic carbocycles. The Morgan fingerprint density at radius 2 is 1.78 bits per heavy atom. The van der Waals surface area contributed by atoms with Crippen LogP contribution in [0.25, 0.3) is 0 Å². The molecular formula is C21H29NO5. The molecule has 2 aliphatic rings. The molecule has 0 radical (unpaired) electrons. The molecule has 2 saturated heterocycles. The Hall–Kier alpha value is -2.08. The predicted octanol–water partition coefficient (Wildman–Crippen LogP) is 3.60. The number of nitrogens with zero attached hydrogens (tertiary/aromatic N) is 1. The van der Waals surface area contributed by atoms with E-state index in [4.69, 9.17) is 14.2 Å². The van der Waals surface area contributed by atoms with Gasteiger partial charge in [0.05, 0.1) is 32.4 Å². The Kier molecular flexibility index (Phi) is 5.47. The number of carbonyl (C=O) groups excluding carboxylic acids is 2. The van der Waals surface area contributed by atoms with Gasteiger partial charge in [-0.3, -0.25) is 9.69 Å². The zero-order valence-corrected chi connectivity index (χ0v) is 16.8. The molecule has 0 N–H and O–H groups in total. The predicted molar refractivity (Wildman–Crippen MR) is 101 cm³/mol. The van der Waals surface area contributed by atoms with Gasteiger partial charge in [-0.2, -0.15) is 0 Å². The molecule has 2 atom stereocenters. The number of Topliss-reactive ketones (excluding diaryl/α,β-unsaturated/α-hetero) is 1. The third-order valence-electron chi connectivity index (χ3n) is 5.21. The van der Waals surface area contributed by atoms with Crippen LogP contribution in [0.15, 0.2) is 18.2 Å². The first-order valence-electron chi connectivity index (χ1n) is 9.47. The van der Waals surface area contributed by atoms with Gasteiger partial charge in [0.15, 0.2) is 5.78 Å². The highest BCUT2D eigenvalue weighted by Gasteiger charge is 2.45. The lowest BCUT2D eigenvalue weighted by Gasteiger charge is -2.47. The monoisotopic (exact) mass is 375 g/mol. The zero-order chi connectivity index (χ0) is 19.8. The molecule has 2 bridgehead atoms. The maximum absolute atomic E-state index is 13.2. The molecule has 1 aromatic rings. The van der Waals surface area contributed by atoms with Crippen LogP contribution in [0, 0.1) is 12.8 Å². The van der Waals surface area contributed by atoms with Crippen molar-refractivity contribution >= 4 is 11.9 Å². The molecule has 2 aliphatic heterocycles.